The maximum atomic E-state index is 12.5. The summed E-state index contributed by atoms with van der Waals surface area (Å²) in [5, 5.41) is 2.87. The molecule has 0 heterocycles. The van der Waals surface area contributed by atoms with Gasteiger partial charge in [0.05, 0.1) is 19.8 Å². The number of benzene rings is 2. The number of hydrogen-bond acceptors (Lipinski definition) is 5. The fourth-order valence-electron chi connectivity index (χ4n) is 2.63. The van der Waals surface area contributed by atoms with Crippen molar-refractivity contribution < 1.29 is 23.8 Å². The van der Waals surface area contributed by atoms with Crippen LogP contribution in [-0.2, 0) is 16.0 Å². The number of ether oxygens (including phenoxy) is 3. The van der Waals surface area contributed by atoms with Gasteiger partial charge in [0, 0.05) is 11.8 Å². The maximum absolute atomic E-state index is 12.5. The average Bonchev–Trinajstić information content (AvgIpc) is 2.68. The van der Waals surface area contributed by atoms with Gasteiger partial charge in [0.1, 0.15) is 11.5 Å². The maximum Gasteiger partial charge on any atom is 0.339 e. The van der Waals surface area contributed by atoms with E-state index in [4.69, 9.17) is 14.2 Å². The van der Waals surface area contributed by atoms with Gasteiger partial charge < -0.3 is 19.5 Å². The third-order valence-electron chi connectivity index (χ3n) is 4.23. The number of para-hydroxylation sites is 1. The van der Waals surface area contributed by atoms with E-state index >= 15 is 0 Å². The SMILES string of the molecule is CCc1cccc(C)c1NC(=O)[C@@H](C)OC(=O)c1cc(OC)cc(OC)c1. The van der Waals surface area contributed by atoms with Crippen LogP contribution in [0.5, 0.6) is 11.5 Å². The zero-order valence-corrected chi connectivity index (χ0v) is 16.3. The third-order valence-corrected chi connectivity index (χ3v) is 4.23. The molecule has 1 N–H and O–H groups in total. The van der Waals surface area contributed by atoms with Gasteiger partial charge >= 0.3 is 5.97 Å². The Morgan fingerprint density at radius 3 is 2.26 bits per heavy atom. The van der Waals surface area contributed by atoms with Gasteiger partial charge in [0.15, 0.2) is 6.10 Å². The Morgan fingerprint density at radius 2 is 1.70 bits per heavy atom. The van der Waals surface area contributed by atoms with Crippen molar-refractivity contribution in [2.75, 3.05) is 19.5 Å². The first kappa shape index (κ1) is 20.3. The Hall–Kier alpha value is -3.02. The largest absolute Gasteiger partial charge is 0.497 e. The Labute approximate surface area is 159 Å². The highest BCUT2D eigenvalue weighted by atomic mass is 16.5. The molecule has 6 nitrogen and oxygen atoms in total. The van der Waals surface area contributed by atoms with E-state index in [2.05, 4.69) is 5.32 Å². The molecule has 144 valence electrons. The van der Waals surface area contributed by atoms with Crippen molar-refractivity contribution in [1.29, 1.82) is 0 Å². The van der Waals surface area contributed by atoms with E-state index in [9.17, 15) is 9.59 Å². The van der Waals surface area contributed by atoms with Crippen LogP contribution in [0.15, 0.2) is 36.4 Å². The summed E-state index contributed by atoms with van der Waals surface area (Å²) in [6.07, 6.45) is -0.172. The number of aryl methyl sites for hydroxylation is 2. The Kier molecular flexibility index (Phi) is 6.82. The minimum absolute atomic E-state index is 0.246. The monoisotopic (exact) mass is 371 g/mol. The van der Waals surface area contributed by atoms with Crippen LogP contribution in [0.3, 0.4) is 0 Å². The van der Waals surface area contributed by atoms with Gasteiger partial charge in [0.2, 0.25) is 0 Å². The first-order valence-electron chi connectivity index (χ1n) is 8.73. The number of amides is 1. The van der Waals surface area contributed by atoms with Gasteiger partial charge in [-0.3, -0.25) is 4.79 Å². The summed E-state index contributed by atoms with van der Waals surface area (Å²) in [6, 6.07) is 10.6. The molecular weight excluding hydrogens is 346 g/mol. The lowest BCUT2D eigenvalue weighted by Gasteiger charge is -2.17. The van der Waals surface area contributed by atoms with Crippen LogP contribution in [0.4, 0.5) is 5.69 Å². The number of anilines is 1. The van der Waals surface area contributed by atoms with Crippen LogP contribution in [0.1, 0.15) is 35.3 Å². The average molecular weight is 371 g/mol. The molecule has 0 fully saturated rings. The predicted octanol–water partition coefficient (Wildman–Crippen LogP) is 3.76. The van der Waals surface area contributed by atoms with Gasteiger partial charge in [0.25, 0.3) is 5.91 Å². The Balaban J connectivity index is 2.12. The van der Waals surface area contributed by atoms with Crippen molar-refractivity contribution in [2.24, 2.45) is 0 Å². The highest BCUT2D eigenvalue weighted by Gasteiger charge is 2.21. The molecule has 2 aromatic rings. The summed E-state index contributed by atoms with van der Waals surface area (Å²) in [5.41, 5.74) is 2.99. The van der Waals surface area contributed by atoms with E-state index in [1.807, 2.05) is 32.0 Å². The Bertz CT molecular complexity index is 809. The number of rotatable bonds is 7. The Morgan fingerprint density at radius 1 is 1.07 bits per heavy atom. The van der Waals surface area contributed by atoms with Crippen molar-refractivity contribution in [3.05, 3.63) is 53.1 Å². The third kappa shape index (κ3) is 5.00. The molecule has 0 saturated heterocycles. The summed E-state index contributed by atoms with van der Waals surface area (Å²) in [5.74, 6) is -0.0886. The lowest BCUT2D eigenvalue weighted by atomic mass is 10.1. The van der Waals surface area contributed by atoms with E-state index in [0.717, 1.165) is 23.2 Å². The second-order valence-corrected chi connectivity index (χ2v) is 6.10. The summed E-state index contributed by atoms with van der Waals surface area (Å²) in [7, 11) is 2.99. The lowest BCUT2D eigenvalue weighted by Crippen LogP contribution is -2.30. The molecule has 0 saturated carbocycles. The molecule has 0 aliphatic carbocycles. The summed E-state index contributed by atoms with van der Waals surface area (Å²) in [6.45, 7) is 5.48. The number of methoxy groups -OCH3 is 2. The number of hydrogen-bond donors (Lipinski definition) is 1. The van der Waals surface area contributed by atoms with Crippen LogP contribution in [0.2, 0.25) is 0 Å². The van der Waals surface area contributed by atoms with Crippen LogP contribution in [0.25, 0.3) is 0 Å². The number of carbonyl (C=O) groups excluding carboxylic acids is 2. The highest BCUT2D eigenvalue weighted by Crippen LogP contribution is 2.24. The first-order valence-corrected chi connectivity index (χ1v) is 8.73. The smallest absolute Gasteiger partial charge is 0.339 e. The number of nitrogens with one attached hydrogen (secondary N) is 1. The molecule has 0 spiro atoms. The van der Waals surface area contributed by atoms with Crippen molar-refractivity contribution >= 4 is 17.6 Å². The quantitative estimate of drug-likeness (QED) is 0.750. The normalized spacial score (nSPS) is 11.4. The van der Waals surface area contributed by atoms with Crippen LogP contribution in [-0.4, -0.2) is 32.2 Å². The zero-order chi connectivity index (χ0) is 20.0. The van der Waals surface area contributed by atoms with Crippen molar-refractivity contribution in [1.82, 2.24) is 0 Å². The summed E-state index contributed by atoms with van der Waals surface area (Å²) < 4.78 is 15.6. The topological polar surface area (TPSA) is 73.9 Å². The van der Waals surface area contributed by atoms with Gasteiger partial charge in [-0.15, -0.1) is 0 Å². The van der Waals surface area contributed by atoms with Gasteiger partial charge in [-0.2, -0.15) is 0 Å². The fraction of sp³-hybridized carbons (Fsp3) is 0.333. The van der Waals surface area contributed by atoms with Gasteiger partial charge in [-0.25, -0.2) is 4.79 Å². The minimum atomic E-state index is -0.959. The van der Waals surface area contributed by atoms with Crippen molar-refractivity contribution in [3.63, 3.8) is 0 Å². The summed E-state index contributed by atoms with van der Waals surface area (Å²) >= 11 is 0. The standard InChI is InChI=1S/C21H25NO5/c1-6-15-9-7-8-13(2)19(15)22-20(23)14(3)27-21(24)16-10-17(25-4)12-18(11-16)26-5/h7-12,14H,6H2,1-5H3,(H,22,23)/t14-/m1/s1. The molecule has 0 aromatic heterocycles. The van der Waals surface area contributed by atoms with Crippen LogP contribution in [0, 0.1) is 6.92 Å². The molecule has 1 atom stereocenters. The number of esters is 1. The van der Waals surface area contributed by atoms with Crippen molar-refractivity contribution in [2.45, 2.75) is 33.3 Å². The van der Waals surface area contributed by atoms with E-state index in [1.54, 1.807) is 6.07 Å². The molecule has 0 bridgehead atoms. The lowest BCUT2D eigenvalue weighted by molar-refractivity contribution is -0.123. The van der Waals surface area contributed by atoms with E-state index in [-0.39, 0.29) is 11.5 Å². The first-order chi connectivity index (χ1) is 12.9. The molecule has 0 radical (unpaired) electrons. The zero-order valence-electron chi connectivity index (χ0n) is 16.3. The van der Waals surface area contributed by atoms with E-state index < -0.39 is 12.1 Å². The van der Waals surface area contributed by atoms with Crippen molar-refractivity contribution in [3.8, 4) is 11.5 Å². The molecule has 0 aliphatic heterocycles. The number of carbonyl (C=O) groups is 2. The second-order valence-electron chi connectivity index (χ2n) is 6.10. The molecule has 0 aliphatic rings. The molecular formula is C21H25NO5. The fourth-order valence-corrected chi connectivity index (χ4v) is 2.63. The predicted molar refractivity (Wildman–Crippen MR) is 104 cm³/mol. The van der Waals surface area contributed by atoms with Gasteiger partial charge in [-0.05, 0) is 43.5 Å². The summed E-state index contributed by atoms with van der Waals surface area (Å²) in [4.78, 5) is 24.9. The minimum Gasteiger partial charge on any atom is -0.497 e. The second kappa shape index (κ2) is 9.07. The molecule has 1 amide bonds. The van der Waals surface area contributed by atoms with Crippen LogP contribution >= 0.6 is 0 Å². The van der Waals surface area contributed by atoms with E-state index in [1.165, 1.54) is 33.3 Å². The molecule has 2 rings (SSSR count). The molecule has 0 unspecified atom stereocenters. The molecule has 2 aromatic carbocycles. The molecule has 6 heteroatoms. The van der Waals surface area contributed by atoms with E-state index in [0.29, 0.717) is 11.5 Å². The van der Waals surface area contributed by atoms with Gasteiger partial charge in [-0.1, -0.05) is 25.1 Å². The molecule has 27 heavy (non-hydrogen) atoms. The van der Waals surface area contributed by atoms with Crippen LogP contribution < -0.4 is 14.8 Å². The highest BCUT2D eigenvalue weighted by molar-refractivity contribution is 5.98.